The average molecular weight is 156 g/mol. The lowest BCUT2D eigenvalue weighted by Gasteiger charge is -2.28. The number of carbonyl (C=O) groups excluding carboxylic acids is 1. The molecular weight excluding hydrogens is 146 g/mol. The van der Waals surface area contributed by atoms with Gasteiger partial charge in [-0.3, -0.25) is 4.79 Å². The van der Waals surface area contributed by atoms with Crippen molar-refractivity contribution in [3.63, 3.8) is 0 Å². The van der Waals surface area contributed by atoms with Gasteiger partial charge < -0.3 is 10.0 Å². The Morgan fingerprint density at radius 2 is 2.27 bits per heavy atom. The molecule has 61 valence electrons. The van der Waals surface area contributed by atoms with Crippen LogP contribution in [0.5, 0.6) is 0 Å². The predicted octanol–water partition coefficient (Wildman–Crippen LogP) is -0.00730. The van der Waals surface area contributed by atoms with Crippen molar-refractivity contribution in [2.24, 2.45) is 0 Å². The van der Waals surface area contributed by atoms with Crippen LogP contribution in [0.1, 0.15) is 19.3 Å². The molecule has 1 aliphatic heterocycles. The molecule has 4 nitrogen and oxygen atoms in total. The van der Waals surface area contributed by atoms with Crippen LogP contribution in [-0.2, 0) is 9.59 Å². The van der Waals surface area contributed by atoms with E-state index in [-0.39, 0.29) is 0 Å². The Hall–Kier alpha value is -1.06. The molecule has 1 fully saturated rings. The summed E-state index contributed by atoms with van der Waals surface area (Å²) < 4.78 is 0. The molecule has 1 unspecified atom stereocenters. The van der Waals surface area contributed by atoms with Gasteiger partial charge in [-0.1, -0.05) is 0 Å². The molecule has 4 heteroatoms. The summed E-state index contributed by atoms with van der Waals surface area (Å²) in [6, 6.07) is -0.638. The fourth-order valence-electron chi connectivity index (χ4n) is 1.30. The first kappa shape index (κ1) is 8.04. The summed E-state index contributed by atoms with van der Waals surface area (Å²) in [6.07, 6.45) is 3.97. The maximum Gasteiger partial charge on any atom is 0.326 e. The molecule has 1 amide bonds. The summed E-state index contributed by atoms with van der Waals surface area (Å²) in [5, 5.41) is 8.62. The minimum absolute atomic E-state index is 0.528. The third-order valence-corrected chi connectivity index (χ3v) is 1.91. The standard InChI is InChI=1S/C7H10NO3/c9-5-8-4-2-1-3-6(8)7(10)11/h6H,1-4H2,(H,10,11). The molecule has 0 saturated carbocycles. The van der Waals surface area contributed by atoms with E-state index in [1.54, 1.807) is 6.41 Å². The molecule has 0 aromatic rings. The fraction of sp³-hybridized carbons (Fsp3) is 0.714. The van der Waals surface area contributed by atoms with Gasteiger partial charge in [0, 0.05) is 6.54 Å². The molecule has 0 bridgehead atoms. The molecule has 1 saturated heterocycles. The molecule has 1 aliphatic rings. The zero-order chi connectivity index (χ0) is 8.27. The third kappa shape index (κ3) is 1.69. The number of aliphatic carboxylic acids is 1. The Morgan fingerprint density at radius 3 is 2.73 bits per heavy atom. The smallest absolute Gasteiger partial charge is 0.326 e. The van der Waals surface area contributed by atoms with E-state index in [2.05, 4.69) is 0 Å². The van der Waals surface area contributed by atoms with Crippen molar-refractivity contribution < 1.29 is 14.7 Å². The number of hydrogen-bond donors (Lipinski definition) is 1. The summed E-state index contributed by atoms with van der Waals surface area (Å²) in [6.45, 7) is 0.528. The number of amides is 1. The Kier molecular flexibility index (Phi) is 2.46. The predicted molar refractivity (Wildman–Crippen MR) is 37.7 cm³/mol. The van der Waals surface area contributed by atoms with Crippen LogP contribution < -0.4 is 0 Å². The molecule has 0 aliphatic carbocycles. The summed E-state index contributed by atoms with van der Waals surface area (Å²) in [5.74, 6) is -0.923. The highest BCUT2D eigenvalue weighted by Gasteiger charge is 2.27. The molecule has 1 heterocycles. The zero-order valence-electron chi connectivity index (χ0n) is 6.12. The van der Waals surface area contributed by atoms with Crippen molar-refractivity contribution in [2.45, 2.75) is 25.3 Å². The molecule has 11 heavy (non-hydrogen) atoms. The second-order valence-corrected chi connectivity index (χ2v) is 2.63. The number of carboxylic acid groups (broad SMARTS) is 1. The van der Waals surface area contributed by atoms with Gasteiger partial charge in [0.25, 0.3) is 0 Å². The van der Waals surface area contributed by atoms with Crippen LogP contribution in [0, 0.1) is 0 Å². The van der Waals surface area contributed by atoms with Gasteiger partial charge >= 0.3 is 12.4 Å². The normalized spacial score (nSPS) is 24.7. The van der Waals surface area contributed by atoms with Gasteiger partial charge in [0.05, 0.1) is 0 Å². The Morgan fingerprint density at radius 1 is 1.55 bits per heavy atom. The second-order valence-electron chi connectivity index (χ2n) is 2.63. The largest absolute Gasteiger partial charge is 0.480 e. The summed E-state index contributed by atoms with van der Waals surface area (Å²) in [7, 11) is 0. The van der Waals surface area contributed by atoms with Crippen molar-refractivity contribution in [2.75, 3.05) is 6.54 Å². The van der Waals surface area contributed by atoms with Crippen molar-refractivity contribution in [3.05, 3.63) is 0 Å². The monoisotopic (exact) mass is 156 g/mol. The van der Waals surface area contributed by atoms with Gasteiger partial charge in [-0.25, -0.2) is 4.79 Å². The third-order valence-electron chi connectivity index (χ3n) is 1.91. The fourth-order valence-corrected chi connectivity index (χ4v) is 1.30. The van der Waals surface area contributed by atoms with E-state index in [9.17, 15) is 9.59 Å². The van der Waals surface area contributed by atoms with Gasteiger partial charge in [-0.05, 0) is 19.3 Å². The zero-order valence-corrected chi connectivity index (χ0v) is 6.12. The first-order valence-electron chi connectivity index (χ1n) is 3.63. The van der Waals surface area contributed by atoms with Crippen molar-refractivity contribution in [3.8, 4) is 0 Å². The topological polar surface area (TPSA) is 57.6 Å². The quantitative estimate of drug-likeness (QED) is 0.611. The van der Waals surface area contributed by atoms with Gasteiger partial charge in [0.15, 0.2) is 0 Å². The summed E-state index contributed by atoms with van der Waals surface area (Å²) in [5.41, 5.74) is 0. The molecule has 0 spiro atoms. The van der Waals surface area contributed by atoms with E-state index < -0.39 is 12.0 Å². The molecule has 1 atom stereocenters. The van der Waals surface area contributed by atoms with Crippen LogP contribution >= 0.6 is 0 Å². The molecule has 1 rings (SSSR count). The summed E-state index contributed by atoms with van der Waals surface area (Å²) in [4.78, 5) is 21.9. The molecule has 0 aromatic carbocycles. The minimum atomic E-state index is -0.923. The molecule has 0 aromatic heterocycles. The lowest BCUT2D eigenvalue weighted by Crippen LogP contribution is -2.43. The van der Waals surface area contributed by atoms with E-state index in [1.807, 2.05) is 0 Å². The summed E-state index contributed by atoms with van der Waals surface area (Å²) >= 11 is 0. The van der Waals surface area contributed by atoms with Gasteiger partial charge in [0.2, 0.25) is 0 Å². The van der Waals surface area contributed by atoms with E-state index in [1.165, 1.54) is 4.90 Å². The van der Waals surface area contributed by atoms with Crippen LogP contribution in [0.25, 0.3) is 0 Å². The van der Waals surface area contributed by atoms with Gasteiger partial charge in [0.1, 0.15) is 6.04 Å². The molecule has 1 N–H and O–H groups in total. The van der Waals surface area contributed by atoms with Crippen LogP contribution in [-0.4, -0.2) is 35.0 Å². The van der Waals surface area contributed by atoms with Gasteiger partial charge in [-0.15, -0.1) is 0 Å². The van der Waals surface area contributed by atoms with Crippen LogP contribution in [0.15, 0.2) is 0 Å². The number of rotatable bonds is 2. The lowest BCUT2D eigenvalue weighted by atomic mass is 10.0. The highest BCUT2D eigenvalue weighted by atomic mass is 16.4. The highest BCUT2D eigenvalue weighted by Crippen LogP contribution is 2.14. The first-order chi connectivity index (χ1) is 5.25. The average Bonchev–Trinajstić information content (AvgIpc) is 2.04. The molecular formula is C7H10NO3. The second kappa shape index (κ2) is 3.37. The van der Waals surface area contributed by atoms with E-state index >= 15 is 0 Å². The first-order valence-corrected chi connectivity index (χ1v) is 3.63. The lowest BCUT2D eigenvalue weighted by molar-refractivity contribution is -0.142. The number of nitrogens with zero attached hydrogens (tertiary/aromatic N) is 1. The Labute approximate surface area is 64.8 Å². The minimum Gasteiger partial charge on any atom is -0.480 e. The van der Waals surface area contributed by atoms with E-state index in [0.29, 0.717) is 13.0 Å². The number of carbonyl (C=O) groups is 1. The number of likely N-dealkylation sites (tertiary alicyclic amines) is 1. The van der Waals surface area contributed by atoms with Crippen molar-refractivity contribution in [1.29, 1.82) is 0 Å². The SMILES string of the molecule is O=[C]N1CCCCC1C(=O)O. The van der Waals surface area contributed by atoms with Crippen LogP contribution in [0.3, 0.4) is 0 Å². The number of carboxylic acids is 1. The van der Waals surface area contributed by atoms with Crippen molar-refractivity contribution >= 4 is 12.4 Å². The van der Waals surface area contributed by atoms with Crippen LogP contribution in [0.4, 0.5) is 0 Å². The van der Waals surface area contributed by atoms with Crippen LogP contribution in [0.2, 0.25) is 0 Å². The maximum atomic E-state index is 10.5. The highest BCUT2D eigenvalue weighted by molar-refractivity contribution is 5.76. The Balaban J connectivity index is 2.58. The van der Waals surface area contributed by atoms with E-state index in [4.69, 9.17) is 5.11 Å². The number of hydrogen-bond acceptors (Lipinski definition) is 2. The van der Waals surface area contributed by atoms with Gasteiger partial charge in [-0.2, -0.15) is 0 Å². The molecule has 1 radical (unpaired) electrons. The van der Waals surface area contributed by atoms with Crippen molar-refractivity contribution in [1.82, 2.24) is 4.90 Å². The maximum absolute atomic E-state index is 10.5. The number of piperidine rings is 1. The van der Waals surface area contributed by atoms with E-state index in [0.717, 1.165) is 12.8 Å². The Bertz CT molecular complexity index is 169.